The van der Waals surface area contributed by atoms with Crippen molar-refractivity contribution in [1.82, 2.24) is 0 Å². The molecular weight excluding hydrogens is 310 g/mol. The van der Waals surface area contributed by atoms with E-state index in [9.17, 15) is 8.42 Å². The molecule has 1 heterocycles. The Labute approximate surface area is 128 Å². The minimum Gasteiger partial charge on any atom is -0.489 e. The molecule has 2 aromatic carbocycles. The fourth-order valence-electron chi connectivity index (χ4n) is 2.45. The molecule has 1 aliphatic rings. The van der Waals surface area contributed by atoms with E-state index in [0.29, 0.717) is 12.1 Å². The number of benzene rings is 2. The molecule has 0 amide bonds. The van der Waals surface area contributed by atoms with E-state index in [1.807, 2.05) is 24.3 Å². The van der Waals surface area contributed by atoms with Gasteiger partial charge in [0.2, 0.25) is 0 Å². The third-order valence-electron chi connectivity index (χ3n) is 3.41. The molecule has 0 radical (unpaired) electrons. The summed E-state index contributed by atoms with van der Waals surface area (Å²) in [5.41, 5.74) is 7.05. The number of rotatable bonds is 3. The second kappa shape index (κ2) is 5.24. The van der Waals surface area contributed by atoms with Crippen molar-refractivity contribution in [3.8, 4) is 5.75 Å². The van der Waals surface area contributed by atoms with Crippen LogP contribution < -0.4 is 10.5 Å². The van der Waals surface area contributed by atoms with Crippen molar-refractivity contribution in [1.29, 1.82) is 0 Å². The predicted octanol–water partition coefficient (Wildman–Crippen LogP) is 2.70. The van der Waals surface area contributed by atoms with E-state index in [1.54, 1.807) is 0 Å². The highest BCUT2D eigenvalue weighted by atomic mass is 35.5. The number of nitrogens with two attached hydrogens (primary N) is 1. The summed E-state index contributed by atoms with van der Waals surface area (Å²) in [7, 11) is -3.52. The zero-order valence-corrected chi connectivity index (χ0v) is 12.7. The second-order valence-corrected chi connectivity index (χ2v) is 7.43. The van der Waals surface area contributed by atoms with Crippen LogP contribution in [-0.4, -0.2) is 20.3 Å². The lowest BCUT2D eigenvalue weighted by atomic mass is 10.1. The summed E-state index contributed by atoms with van der Waals surface area (Å²) < 4.78 is 30.6. The summed E-state index contributed by atoms with van der Waals surface area (Å²) in [4.78, 5) is 0.0953. The highest BCUT2D eigenvalue weighted by Crippen LogP contribution is 2.31. The number of anilines is 1. The molecule has 0 bridgehead atoms. The quantitative estimate of drug-likeness (QED) is 0.882. The molecule has 0 aliphatic carbocycles. The maximum Gasteiger partial charge on any atom is 0.183 e. The van der Waals surface area contributed by atoms with Crippen LogP contribution in [0.25, 0.3) is 0 Å². The number of para-hydroxylation sites is 1. The van der Waals surface area contributed by atoms with Gasteiger partial charge in [-0.25, -0.2) is 8.42 Å². The van der Waals surface area contributed by atoms with Crippen LogP contribution in [0.5, 0.6) is 5.75 Å². The summed E-state index contributed by atoms with van der Waals surface area (Å²) in [5, 5.41) is 0.144. The summed E-state index contributed by atoms with van der Waals surface area (Å²) in [6.07, 6.45) is 0.197. The van der Waals surface area contributed by atoms with Gasteiger partial charge in [-0.1, -0.05) is 29.8 Å². The number of ether oxygens (including phenoxy) is 1. The molecule has 1 atom stereocenters. The Morgan fingerprint density at radius 2 is 2.00 bits per heavy atom. The first-order chi connectivity index (χ1) is 9.95. The van der Waals surface area contributed by atoms with Crippen LogP contribution in [0.3, 0.4) is 0 Å². The third kappa shape index (κ3) is 2.84. The van der Waals surface area contributed by atoms with Crippen molar-refractivity contribution in [2.45, 2.75) is 17.4 Å². The van der Waals surface area contributed by atoms with E-state index < -0.39 is 9.84 Å². The van der Waals surface area contributed by atoms with Gasteiger partial charge in [-0.05, 0) is 29.8 Å². The fraction of sp³-hybridized carbons (Fsp3) is 0.200. The summed E-state index contributed by atoms with van der Waals surface area (Å²) in [6, 6.07) is 12.0. The van der Waals surface area contributed by atoms with Gasteiger partial charge in [0.15, 0.2) is 9.84 Å². The van der Waals surface area contributed by atoms with E-state index in [2.05, 4.69) is 0 Å². The van der Waals surface area contributed by atoms with E-state index in [4.69, 9.17) is 22.1 Å². The fourth-order valence-corrected chi connectivity index (χ4v) is 4.48. The van der Waals surface area contributed by atoms with Crippen molar-refractivity contribution in [3.63, 3.8) is 0 Å². The highest BCUT2D eigenvalue weighted by Gasteiger charge is 2.29. The number of nitrogen functional groups attached to an aromatic ring is 1. The molecular formula is C15H14ClNO3S. The van der Waals surface area contributed by atoms with Gasteiger partial charge in [0, 0.05) is 12.1 Å². The molecule has 0 spiro atoms. The van der Waals surface area contributed by atoms with E-state index in [1.165, 1.54) is 18.2 Å². The normalized spacial score (nSPS) is 17.3. The molecule has 0 saturated heterocycles. The molecule has 3 rings (SSSR count). The Balaban J connectivity index is 1.82. The summed E-state index contributed by atoms with van der Waals surface area (Å²) in [5.74, 6) is 0.645. The van der Waals surface area contributed by atoms with Crippen LogP contribution in [0.1, 0.15) is 5.56 Å². The number of halogens is 1. The molecule has 2 aromatic rings. The predicted molar refractivity (Wildman–Crippen MR) is 82.5 cm³/mol. The largest absolute Gasteiger partial charge is 0.489 e. The number of fused-ring (bicyclic) bond motifs is 1. The van der Waals surface area contributed by atoms with Gasteiger partial charge >= 0.3 is 0 Å². The molecule has 0 aromatic heterocycles. The lowest BCUT2D eigenvalue weighted by molar-refractivity contribution is 0.256. The summed E-state index contributed by atoms with van der Waals surface area (Å²) in [6.45, 7) is 0. The van der Waals surface area contributed by atoms with Gasteiger partial charge in [0.25, 0.3) is 0 Å². The number of hydrogen-bond acceptors (Lipinski definition) is 4. The van der Waals surface area contributed by atoms with Gasteiger partial charge in [-0.15, -0.1) is 0 Å². The van der Waals surface area contributed by atoms with Crippen molar-refractivity contribution in [2.75, 3.05) is 11.5 Å². The Bertz CT molecular complexity index is 764. The van der Waals surface area contributed by atoms with Gasteiger partial charge in [0.1, 0.15) is 11.9 Å². The number of hydrogen-bond donors (Lipinski definition) is 1. The minimum absolute atomic E-state index is 0.0953. The maximum absolute atomic E-state index is 12.5. The van der Waals surface area contributed by atoms with Crippen LogP contribution in [-0.2, 0) is 16.3 Å². The third-order valence-corrected chi connectivity index (χ3v) is 5.67. The van der Waals surface area contributed by atoms with Crippen LogP contribution in [0.2, 0.25) is 5.02 Å². The molecule has 0 saturated carbocycles. The lowest BCUT2D eigenvalue weighted by Gasteiger charge is -2.12. The van der Waals surface area contributed by atoms with E-state index in [-0.39, 0.29) is 21.8 Å². The first-order valence-corrected chi connectivity index (χ1v) is 8.51. The Morgan fingerprint density at radius 3 is 2.71 bits per heavy atom. The van der Waals surface area contributed by atoms with E-state index in [0.717, 1.165) is 11.3 Å². The molecule has 6 heteroatoms. The Hall–Kier alpha value is -1.72. The maximum atomic E-state index is 12.5. The molecule has 21 heavy (non-hydrogen) atoms. The molecule has 110 valence electrons. The van der Waals surface area contributed by atoms with Crippen LogP contribution in [0, 0.1) is 0 Å². The van der Waals surface area contributed by atoms with Crippen LogP contribution >= 0.6 is 11.6 Å². The summed E-state index contributed by atoms with van der Waals surface area (Å²) >= 11 is 5.99. The zero-order valence-electron chi connectivity index (χ0n) is 11.1. The molecule has 0 fully saturated rings. The van der Waals surface area contributed by atoms with Gasteiger partial charge in [-0.3, -0.25) is 0 Å². The van der Waals surface area contributed by atoms with Crippen molar-refractivity contribution < 1.29 is 13.2 Å². The average Bonchev–Trinajstić information content (AvgIpc) is 2.79. The van der Waals surface area contributed by atoms with Crippen LogP contribution in [0.4, 0.5) is 5.69 Å². The van der Waals surface area contributed by atoms with Gasteiger partial charge in [-0.2, -0.15) is 0 Å². The average molecular weight is 324 g/mol. The zero-order chi connectivity index (χ0) is 15.0. The second-order valence-electron chi connectivity index (χ2n) is 5.02. The van der Waals surface area contributed by atoms with Crippen LogP contribution in [0.15, 0.2) is 47.4 Å². The van der Waals surface area contributed by atoms with Gasteiger partial charge < -0.3 is 10.5 Å². The van der Waals surface area contributed by atoms with Gasteiger partial charge in [0.05, 0.1) is 15.7 Å². The molecule has 4 nitrogen and oxygen atoms in total. The molecule has 1 unspecified atom stereocenters. The highest BCUT2D eigenvalue weighted by molar-refractivity contribution is 7.91. The molecule has 1 aliphatic heterocycles. The van der Waals surface area contributed by atoms with E-state index >= 15 is 0 Å². The number of sulfone groups is 1. The van der Waals surface area contributed by atoms with Crippen molar-refractivity contribution in [2.24, 2.45) is 0 Å². The molecule has 2 N–H and O–H groups in total. The SMILES string of the molecule is Nc1ccc(S(=O)(=O)CC2Cc3ccccc3O2)c(Cl)c1. The lowest BCUT2D eigenvalue weighted by Crippen LogP contribution is -2.25. The first kappa shape index (κ1) is 14.2. The smallest absolute Gasteiger partial charge is 0.183 e. The standard InChI is InChI=1S/C15H14ClNO3S/c16-13-8-11(17)5-6-15(13)21(18,19)9-12-7-10-3-1-2-4-14(10)20-12/h1-6,8,12H,7,9,17H2. The Kier molecular flexibility index (Phi) is 3.55. The minimum atomic E-state index is -3.52. The monoisotopic (exact) mass is 323 g/mol. The Morgan fingerprint density at radius 1 is 1.24 bits per heavy atom. The first-order valence-electron chi connectivity index (χ1n) is 6.48. The topological polar surface area (TPSA) is 69.4 Å². The van der Waals surface area contributed by atoms with Crippen molar-refractivity contribution in [3.05, 3.63) is 53.1 Å². The van der Waals surface area contributed by atoms with Crippen molar-refractivity contribution >= 4 is 27.1 Å².